The average Bonchev–Trinajstić information content (AvgIpc) is 1.36. The van der Waals surface area contributed by atoms with Gasteiger partial charge in [0.25, 0.3) is 0 Å². The molecular formula is Br3IP2. The van der Waals surface area contributed by atoms with Crippen LogP contribution in [0.5, 0.6) is 0 Å². The summed E-state index contributed by atoms with van der Waals surface area (Å²) in [6, 6.07) is 0. The van der Waals surface area contributed by atoms with Crippen LogP contribution >= 0.6 is 77.5 Å². The fourth-order valence-corrected chi connectivity index (χ4v) is 0. The molecule has 0 aliphatic rings. The molecule has 38 valence electrons. The van der Waals surface area contributed by atoms with Crippen molar-refractivity contribution in [2.45, 2.75) is 0 Å². The van der Waals surface area contributed by atoms with Crippen molar-refractivity contribution in [2.24, 2.45) is 0 Å². The van der Waals surface area contributed by atoms with Gasteiger partial charge in [0.15, 0.2) is 0 Å². The lowest BCUT2D eigenvalue weighted by molar-refractivity contribution is 5.43. The molecule has 0 radical (unpaired) electrons. The van der Waals surface area contributed by atoms with Crippen molar-refractivity contribution in [3.63, 3.8) is 0 Å². The summed E-state index contributed by atoms with van der Waals surface area (Å²) in [4.78, 5) is 0. The van der Waals surface area contributed by atoms with Crippen LogP contribution in [-0.2, 0) is 0 Å². The van der Waals surface area contributed by atoms with E-state index in [0.29, 0.717) is 0 Å². The first-order valence-corrected chi connectivity index (χ1v) is 13.1. The van der Waals surface area contributed by atoms with Crippen LogP contribution in [-0.4, -0.2) is 0 Å². The van der Waals surface area contributed by atoms with Crippen LogP contribution in [0, 0.1) is 0 Å². The van der Waals surface area contributed by atoms with E-state index in [0.717, 1.165) is 0 Å². The third-order valence-electron chi connectivity index (χ3n) is 0.114. The van der Waals surface area contributed by atoms with Crippen LogP contribution in [0.25, 0.3) is 0 Å². The Bertz CT molecular complexity index is 29.8. The van der Waals surface area contributed by atoms with Gasteiger partial charge in [-0.25, -0.2) is 0 Å². The lowest BCUT2D eigenvalue weighted by Crippen LogP contribution is -1.14. The topological polar surface area (TPSA) is 0 Å². The van der Waals surface area contributed by atoms with Gasteiger partial charge < -0.3 is 0 Å². The molecule has 0 aromatic rings. The molecule has 0 amide bonds. The molecule has 0 fully saturated rings. The summed E-state index contributed by atoms with van der Waals surface area (Å²) >= 11 is 12.6. The van der Waals surface area contributed by atoms with Gasteiger partial charge in [-0.15, -0.1) is 0 Å². The predicted molar refractivity (Wildman–Crippen MR) is 54.6 cm³/mol. The smallest absolute Gasteiger partial charge is 0.0416 e. The Hall–Kier alpha value is 3.03. The molecular weight excluding hydrogens is 429 g/mol. The largest absolute Gasteiger partial charge is 0.0802 e. The highest BCUT2D eigenvalue weighted by Crippen LogP contribution is 2.86. The Labute approximate surface area is 76.3 Å². The summed E-state index contributed by atoms with van der Waals surface area (Å²) in [5, 5.41) is -0.0663. The molecule has 1 unspecified atom stereocenters. The van der Waals surface area contributed by atoms with E-state index >= 15 is 0 Å². The van der Waals surface area contributed by atoms with Crippen molar-refractivity contribution in [1.82, 2.24) is 0 Å². The molecule has 0 heterocycles. The molecule has 6 heteroatoms. The molecule has 0 aromatic carbocycles. The van der Waals surface area contributed by atoms with E-state index < -0.39 is 0 Å². The minimum absolute atomic E-state index is 0.0212. The van der Waals surface area contributed by atoms with E-state index in [1.807, 2.05) is 0 Å². The maximum atomic E-state index is 3.43. The van der Waals surface area contributed by atoms with Gasteiger partial charge in [-0.1, -0.05) is 0 Å². The minimum atomic E-state index is -0.0663. The zero-order chi connectivity index (χ0) is 5.15. The second kappa shape index (κ2) is 4.87. The van der Waals surface area contributed by atoms with Gasteiger partial charge in [0.1, 0.15) is 0 Å². The molecule has 0 saturated carbocycles. The number of rotatable bonds is 1. The highest BCUT2D eigenvalue weighted by molar-refractivity contribution is 14.2. The van der Waals surface area contributed by atoms with Crippen molar-refractivity contribution in [2.75, 3.05) is 0 Å². The molecule has 1 atom stereocenters. The van der Waals surface area contributed by atoms with Crippen LogP contribution in [0.15, 0.2) is 0 Å². The van der Waals surface area contributed by atoms with Crippen LogP contribution in [0.2, 0.25) is 0 Å². The summed E-state index contributed by atoms with van der Waals surface area (Å²) in [6.07, 6.45) is 0. The van der Waals surface area contributed by atoms with Gasteiger partial charge in [0.05, 0.1) is 8.97 Å². The Morgan fingerprint density at radius 2 is 1.33 bits per heavy atom. The molecule has 0 N–H and O–H groups in total. The Morgan fingerprint density at radius 1 is 1.17 bits per heavy atom. The highest BCUT2D eigenvalue weighted by Gasteiger charge is 2.04. The fourth-order valence-electron chi connectivity index (χ4n) is 0. The van der Waals surface area contributed by atoms with Gasteiger partial charge in [-0.2, -0.15) is 0 Å². The van der Waals surface area contributed by atoms with E-state index in [1.54, 1.807) is 0 Å². The number of hydrogen-bond acceptors (Lipinski definition) is 0. The molecule has 0 saturated heterocycles. The molecule has 6 heavy (non-hydrogen) atoms. The third kappa shape index (κ3) is 5.17. The molecule has 0 aliphatic carbocycles. The second-order valence-corrected chi connectivity index (χ2v) is 27.0. The van der Waals surface area contributed by atoms with Crippen molar-refractivity contribution >= 4 is 77.5 Å². The van der Waals surface area contributed by atoms with Gasteiger partial charge in [0.2, 0.25) is 0 Å². The van der Waals surface area contributed by atoms with Crippen LogP contribution in [0.3, 0.4) is 0 Å². The standard InChI is InChI=1S/Br3IP2/c1-5(2)6(3)4. The van der Waals surface area contributed by atoms with Gasteiger partial charge in [0, 0.05) is 0 Å². The van der Waals surface area contributed by atoms with Crippen LogP contribution < -0.4 is 0 Å². The normalized spacial score (nSPS) is 15.5. The quantitative estimate of drug-likeness (QED) is 0.401. The van der Waals surface area contributed by atoms with Gasteiger partial charge in [-0.05, 0) is 68.5 Å². The van der Waals surface area contributed by atoms with Crippen molar-refractivity contribution in [3.05, 3.63) is 0 Å². The van der Waals surface area contributed by atoms with Crippen molar-refractivity contribution in [3.8, 4) is 0 Å². The maximum absolute atomic E-state index is 3.43. The average molecular weight is 429 g/mol. The van der Waals surface area contributed by atoms with Gasteiger partial charge in [-0.3, -0.25) is 0 Å². The van der Waals surface area contributed by atoms with Crippen LogP contribution in [0.4, 0.5) is 0 Å². The monoisotopic (exact) mass is 426 g/mol. The summed E-state index contributed by atoms with van der Waals surface area (Å²) in [6.45, 7) is 0. The second-order valence-electron chi connectivity index (χ2n) is 0.430. The van der Waals surface area contributed by atoms with E-state index in [4.69, 9.17) is 0 Å². The first-order valence-electron chi connectivity index (χ1n) is 0.876. The summed E-state index contributed by atoms with van der Waals surface area (Å²) < 4.78 is 0.0212. The van der Waals surface area contributed by atoms with E-state index in [2.05, 4.69) is 68.5 Å². The highest BCUT2D eigenvalue weighted by atomic mass is 127. The van der Waals surface area contributed by atoms with Crippen LogP contribution in [0.1, 0.15) is 0 Å². The first-order chi connectivity index (χ1) is 2.64. The Morgan fingerprint density at radius 3 is 1.33 bits per heavy atom. The van der Waals surface area contributed by atoms with E-state index in [9.17, 15) is 0 Å². The maximum Gasteiger partial charge on any atom is 0.0802 e. The van der Waals surface area contributed by atoms with Crippen molar-refractivity contribution < 1.29 is 0 Å². The van der Waals surface area contributed by atoms with E-state index in [1.165, 1.54) is 0 Å². The molecule has 0 aromatic heterocycles. The number of hydrogen-bond donors (Lipinski definition) is 0. The zero-order valence-electron chi connectivity index (χ0n) is 2.41. The zero-order valence-corrected chi connectivity index (χ0v) is 11.1. The molecule has 0 rings (SSSR count). The minimum Gasteiger partial charge on any atom is -0.0416 e. The fraction of sp³-hybridized carbons (Fsp3) is 0. The predicted octanol–water partition coefficient (Wildman–Crippen LogP) is 5.14. The third-order valence-corrected chi connectivity index (χ3v) is 31.8. The van der Waals surface area contributed by atoms with E-state index in [-0.39, 0.29) is 8.97 Å². The Balaban J connectivity index is 2.99. The van der Waals surface area contributed by atoms with Gasteiger partial charge >= 0.3 is 0 Å². The molecule has 0 aliphatic heterocycles. The summed E-state index contributed by atoms with van der Waals surface area (Å²) in [5.41, 5.74) is 0. The summed E-state index contributed by atoms with van der Waals surface area (Å²) in [7, 11) is 0. The summed E-state index contributed by atoms with van der Waals surface area (Å²) in [5.74, 6) is 0. The number of halogens is 4. The SMILES string of the molecule is BrP(Br)P(Br)I. The molecule has 0 spiro atoms. The van der Waals surface area contributed by atoms with Crippen molar-refractivity contribution in [1.29, 1.82) is 0 Å². The molecule has 0 nitrogen and oxygen atoms in total. The Kier molecular flexibility index (Phi) is 7.32. The first kappa shape index (κ1) is 9.03. The lowest BCUT2D eigenvalue weighted by Gasteiger charge is -1.96. The molecule has 0 bridgehead atoms. The lowest BCUT2D eigenvalue weighted by atomic mass is 29.9.